The smallest absolute Gasteiger partial charge is 0.341 e. The molecule has 0 bridgehead atoms. The van der Waals surface area contributed by atoms with E-state index in [1.165, 1.54) is 10.4 Å². The summed E-state index contributed by atoms with van der Waals surface area (Å²) in [7, 11) is -4.19. The Morgan fingerprint density at radius 3 is 2.46 bits per heavy atom. The van der Waals surface area contributed by atoms with Crippen LogP contribution in [0.4, 0.5) is 13.2 Å². The quantitative estimate of drug-likeness (QED) is 0.452. The first-order valence-electron chi connectivity index (χ1n) is 12.1. The molecule has 1 saturated heterocycles. The number of alkyl halides is 3. The summed E-state index contributed by atoms with van der Waals surface area (Å²) in [6.45, 7) is 4.04. The summed E-state index contributed by atoms with van der Waals surface area (Å²) in [6, 6.07) is 10.1. The summed E-state index contributed by atoms with van der Waals surface area (Å²) in [6.07, 6.45) is -3.49. The molecule has 6 nitrogen and oxygen atoms in total. The average molecular weight is 554 g/mol. The molecule has 1 fully saturated rings. The van der Waals surface area contributed by atoms with Gasteiger partial charge in [0.2, 0.25) is 15.9 Å². The van der Waals surface area contributed by atoms with Crippen LogP contribution in [0, 0.1) is 0 Å². The predicted molar refractivity (Wildman–Crippen MR) is 139 cm³/mol. The maximum atomic E-state index is 13.4. The van der Waals surface area contributed by atoms with Gasteiger partial charge in [-0.1, -0.05) is 24.3 Å². The number of amides is 1. The van der Waals surface area contributed by atoms with Crippen molar-refractivity contribution < 1.29 is 26.4 Å². The summed E-state index contributed by atoms with van der Waals surface area (Å²) in [5.41, 5.74) is 6.30. The molecule has 2 aromatic carbocycles. The highest BCUT2D eigenvalue weighted by atomic mass is 32.2. The molecule has 2 heterocycles. The van der Waals surface area contributed by atoms with Crippen LogP contribution in [0.1, 0.15) is 37.8 Å². The van der Waals surface area contributed by atoms with Crippen molar-refractivity contribution in [2.75, 3.05) is 13.1 Å². The van der Waals surface area contributed by atoms with Gasteiger partial charge in [0.15, 0.2) is 0 Å². The third-order valence-electron chi connectivity index (χ3n) is 6.70. The zero-order valence-corrected chi connectivity index (χ0v) is 22.2. The maximum absolute atomic E-state index is 13.4. The molecular weight excluding hydrogens is 523 g/mol. The Morgan fingerprint density at radius 2 is 1.81 bits per heavy atom. The summed E-state index contributed by atoms with van der Waals surface area (Å²) in [4.78, 5) is 14.4. The molecule has 0 radical (unpaired) electrons. The number of likely N-dealkylation sites (tertiary alicyclic amines) is 1. The Labute approximate surface area is 218 Å². The van der Waals surface area contributed by atoms with Gasteiger partial charge in [0, 0.05) is 29.9 Å². The minimum atomic E-state index is -4.64. The van der Waals surface area contributed by atoms with Gasteiger partial charge in [-0.3, -0.25) is 4.79 Å². The first-order valence-corrected chi connectivity index (χ1v) is 14.4. The second-order valence-electron chi connectivity index (χ2n) is 9.58. The van der Waals surface area contributed by atoms with Gasteiger partial charge < -0.3 is 10.6 Å². The van der Waals surface area contributed by atoms with Crippen molar-refractivity contribution in [2.24, 2.45) is 5.73 Å². The molecule has 11 heteroatoms. The van der Waals surface area contributed by atoms with E-state index in [2.05, 4.69) is 0 Å². The number of sulfonamides is 1. The lowest BCUT2D eigenvalue weighted by atomic mass is 10.0. The molecule has 3 aromatic rings. The van der Waals surface area contributed by atoms with Crippen molar-refractivity contribution in [3.05, 3.63) is 65.0 Å². The monoisotopic (exact) mass is 553 g/mol. The molecular formula is C26H30F3N3O3S2. The number of carbonyl (C=O) groups is 1. The van der Waals surface area contributed by atoms with Gasteiger partial charge in [0.05, 0.1) is 16.5 Å². The molecule has 1 amide bonds. The molecule has 200 valence electrons. The fourth-order valence-electron chi connectivity index (χ4n) is 4.94. The standard InChI is InChI=1S/C26H30F3N3O3S2/c1-17(2)32(37(34,35)21-7-5-6-19(15-21)26(27,28)29)20-10-12-31(13-11-20)25(33)23(30)14-18-16-36-24-9-4-3-8-22(18)24/h3-9,15-17,20,23H,10-14,30H2,1-2H3. The third-order valence-corrected chi connectivity index (χ3v) is 9.84. The van der Waals surface area contributed by atoms with Crippen molar-refractivity contribution in [3.63, 3.8) is 0 Å². The summed E-state index contributed by atoms with van der Waals surface area (Å²) < 4.78 is 68.8. The lowest BCUT2D eigenvalue weighted by Crippen LogP contribution is -2.53. The molecule has 1 unspecified atom stereocenters. The lowest BCUT2D eigenvalue weighted by molar-refractivity contribution is -0.137. The van der Waals surface area contributed by atoms with Gasteiger partial charge in [-0.25, -0.2) is 8.42 Å². The number of nitrogens with zero attached hydrogens (tertiary/aromatic N) is 2. The fraction of sp³-hybridized carbons (Fsp3) is 0.423. The molecule has 1 aromatic heterocycles. The SMILES string of the molecule is CC(C)N(C1CCN(C(=O)C(N)Cc2csc3ccccc23)CC1)S(=O)(=O)c1cccc(C(F)(F)F)c1. The van der Waals surface area contributed by atoms with Gasteiger partial charge in [0.1, 0.15) is 0 Å². The summed E-state index contributed by atoms with van der Waals surface area (Å²) in [5.74, 6) is -0.189. The highest BCUT2D eigenvalue weighted by Gasteiger charge is 2.38. The van der Waals surface area contributed by atoms with Crippen LogP contribution < -0.4 is 5.73 Å². The number of thiophene rings is 1. The van der Waals surface area contributed by atoms with Crippen LogP contribution in [-0.2, 0) is 27.4 Å². The van der Waals surface area contributed by atoms with E-state index in [0.717, 1.165) is 27.8 Å². The fourth-order valence-corrected chi connectivity index (χ4v) is 7.84. The van der Waals surface area contributed by atoms with Crippen LogP contribution in [0.5, 0.6) is 0 Å². The van der Waals surface area contributed by atoms with E-state index < -0.39 is 39.9 Å². The minimum absolute atomic E-state index is 0.189. The van der Waals surface area contributed by atoms with E-state index in [1.807, 2.05) is 29.6 Å². The van der Waals surface area contributed by atoms with Crippen molar-refractivity contribution in [3.8, 4) is 0 Å². The maximum Gasteiger partial charge on any atom is 0.416 e. The second kappa shape index (κ2) is 10.7. The number of fused-ring (bicyclic) bond motifs is 1. The van der Waals surface area contributed by atoms with E-state index >= 15 is 0 Å². The number of benzene rings is 2. The van der Waals surface area contributed by atoms with Crippen molar-refractivity contribution in [1.29, 1.82) is 0 Å². The Bertz CT molecular complexity index is 1360. The zero-order valence-electron chi connectivity index (χ0n) is 20.6. The topological polar surface area (TPSA) is 83.7 Å². The number of halogens is 3. The van der Waals surface area contributed by atoms with E-state index in [9.17, 15) is 26.4 Å². The molecule has 0 saturated carbocycles. The van der Waals surface area contributed by atoms with Gasteiger partial charge in [-0.05, 0) is 73.7 Å². The predicted octanol–water partition coefficient (Wildman–Crippen LogP) is 4.88. The number of piperidine rings is 1. The normalized spacial score (nSPS) is 16.6. The average Bonchev–Trinajstić information content (AvgIpc) is 3.26. The van der Waals surface area contributed by atoms with Crippen LogP contribution in [0.2, 0.25) is 0 Å². The summed E-state index contributed by atoms with van der Waals surface area (Å²) in [5, 5.41) is 3.10. The Hall–Kier alpha value is -2.47. The van der Waals surface area contributed by atoms with Gasteiger partial charge in [-0.15, -0.1) is 11.3 Å². The van der Waals surface area contributed by atoms with E-state index in [0.29, 0.717) is 38.4 Å². The van der Waals surface area contributed by atoms with Crippen LogP contribution >= 0.6 is 11.3 Å². The van der Waals surface area contributed by atoms with Crippen LogP contribution in [0.25, 0.3) is 10.1 Å². The number of carbonyl (C=O) groups excluding carboxylic acids is 1. The minimum Gasteiger partial charge on any atom is -0.341 e. The number of hydrogen-bond acceptors (Lipinski definition) is 5. The highest BCUT2D eigenvalue weighted by Crippen LogP contribution is 2.33. The van der Waals surface area contributed by atoms with Crippen LogP contribution in [-0.4, -0.2) is 54.7 Å². The Morgan fingerprint density at radius 1 is 1.14 bits per heavy atom. The second-order valence-corrected chi connectivity index (χ2v) is 12.3. The molecule has 0 aliphatic carbocycles. The lowest BCUT2D eigenvalue weighted by Gasteiger charge is -2.40. The van der Waals surface area contributed by atoms with E-state index in [4.69, 9.17) is 5.73 Å². The molecule has 1 atom stereocenters. The third kappa shape index (κ3) is 5.84. The zero-order chi connectivity index (χ0) is 27.0. The largest absolute Gasteiger partial charge is 0.416 e. The van der Waals surface area contributed by atoms with E-state index in [-0.39, 0.29) is 10.8 Å². The van der Waals surface area contributed by atoms with Crippen LogP contribution in [0.3, 0.4) is 0 Å². The number of rotatable bonds is 7. The molecule has 2 N–H and O–H groups in total. The van der Waals surface area contributed by atoms with Crippen molar-refractivity contribution in [1.82, 2.24) is 9.21 Å². The van der Waals surface area contributed by atoms with Gasteiger partial charge >= 0.3 is 6.18 Å². The first kappa shape index (κ1) is 27.6. The Kier molecular flexibility index (Phi) is 7.99. The van der Waals surface area contributed by atoms with E-state index in [1.54, 1.807) is 30.1 Å². The Balaban J connectivity index is 1.44. The van der Waals surface area contributed by atoms with Crippen molar-refractivity contribution in [2.45, 2.75) is 62.3 Å². The summed E-state index contributed by atoms with van der Waals surface area (Å²) >= 11 is 1.61. The molecule has 4 rings (SSSR count). The van der Waals surface area contributed by atoms with Crippen molar-refractivity contribution >= 4 is 37.4 Å². The van der Waals surface area contributed by atoms with Gasteiger partial charge in [-0.2, -0.15) is 17.5 Å². The highest BCUT2D eigenvalue weighted by molar-refractivity contribution is 7.89. The molecule has 1 aliphatic heterocycles. The number of hydrogen-bond donors (Lipinski definition) is 1. The molecule has 0 spiro atoms. The number of nitrogens with two attached hydrogens (primary N) is 1. The first-order chi connectivity index (χ1) is 17.4. The molecule has 37 heavy (non-hydrogen) atoms. The van der Waals surface area contributed by atoms with Crippen LogP contribution in [0.15, 0.2) is 58.8 Å². The van der Waals surface area contributed by atoms with Gasteiger partial charge in [0.25, 0.3) is 0 Å². The molecule has 1 aliphatic rings.